The summed E-state index contributed by atoms with van der Waals surface area (Å²) in [4.78, 5) is 16.1. The van der Waals surface area contributed by atoms with Crippen LogP contribution in [0.2, 0.25) is 10.0 Å². The summed E-state index contributed by atoms with van der Waals surface area (Å²) in [6.45, 7) is 0. The van der Waals surface area contributed by atoms with E-state index in [1.54, 1.807) is 30.5 Å². The van der Waals surface area contributed by atoms with Crippen LogP contribution in [-0.4, -0.2) is 16.9 Å². The molecule has 2 aromatic rings. The van der Waals surface area contributed by atoms with Crippen molar-refractivity contribution < 1.29 is 4.79 Å². The molecule has 4 nitrogen and oxygen atoms in total. The molecule has 21 heavy (non-hydrogen) atoms. The van der Waals surface area contributed by atoms with Crippen LogP contribution in [0.5, 0.6) is 0 Å². The molecule has 2 N–H and O–H groups in total. The minimum Gasteiger partial charge on any atom is -0.354 e. The number of benzene rings is 1. The second-order valence-corrected chi connectivity index (χ2v) is 5.69. The van der Waals surface area contributed by atoms with Gasteiger partial charge in [0.2, 0.25) is 0 Å². The van der Waals surface area contributed by atoms with Crippen LogP contribution in [0.3, 0.4) is 0 Å². The number of anilines is 2. The van der Waals surface area contributed by atoms with Crippen LogP contribution in [0.15, 0.2) is 36.5 Å². The summed E-state index contributed by atoms with van der Waals surface area (Å²) in [5, 5.41) is 6.97. The van der Waals surface area contributed by atoms with Gasteiger partial charge in [-0.05, 0) is 37.1 Å². The highest BCUT2D eigenvalue weighted by Crippen LogP contribution is 2.31. The first-order chi connectivity index (χ1) is 10.1. The number of rotatable bonds is 4. The summed E-state index contributed by atoms with van der Waals surface area (Å²) in [5.74, 6) is -0.154. The molecule has 0 atom stereocenters. The molecule has 1 amide bonds. The zero-order valence-electron chi connectivity index (χ0n) is 11.1. The molecule has 1 aromatic heterocycles. The highest BCUT2D eigenvalue weighted by Gasteiger charge is 2.24. The standard InChI is InChI=1S/C15H13Cl2N3O/c16-11-2-1-3-12(14(11)17)19-10-6-7-18-13(8-10)15(21)20-9-4-5-9/h1-3,6-9H,4-5H2,(H,18,19)(H,20,21). The molecule has 1 aromatic carbocycles. The molecule has 0 spiro atoms. The summed E-state index contributed by atoms with van der Waals surface area (Å²) < 4.78 is 0. The van der Waals surface area contributed by atoms with E-state index in [-0.39, 0.29) is 5.91 Å². The lowest BCUT2D eigenvalue weighted by atomic mass is 10.2. The molecule has 0 bridgehead atoms. The zero-order chi connectivity index (χ0) is 14.8. The largest absolute Gasteiger partial charge is 0.354 e. The van der Waals surface area contributed by atoms with Crippen LogP contribution in [0.25, 0.3) is 0 Å². The molecule has 1 aliphatic carbocycles. The number of nitrogens with zero attached hydrogens (tertiary/aromatic N) is 1. The highest BCUT2D eigenvalue weighted by molar-refractivity contribution is 6.43. The molecule has 108 valence electrons. The molecule has 0 unspecified atom stereocenters. The smallest absolute Gasteiger partial charge is 0.270 e. The average Bonchev–Trinajstić information content (AvgIpc) is 3.28. The van der Waals surface area contributed by atoms with Gasteiger partial charge in [0.05, 0.1) is 15.7 Å². The van der Waals surface area contributed by atoms with E-state index in [2.05, 4.69) is 15.6 Å². The lowest BCUT2D eigenvalue weighted by Crippen LogP contribution is -2.26. The number of halogens is 2. The lowest BCUT2D eigenvalue weighted by Gasteiger charge is -2.10. The van der Waals surface area contributed by atoms with Crippen LogP contribution in [-0.2, 0) is 0 Å². The Kier molecular flexibility index (Phi) is 3.99. The number of nitrogens with one attached hydrogen (secondary N) is 2. The quantitative estimate of drug-likeness (QED) is 0.894. The van der Waals surface area contributed by atoms with Gasteiger partial charge in [0, 0.05) is 17.9 Å². The number of hydrogen-bond acceptors (Lipinski definition) is 3. The Morgan fingerprint density at radius 2 is 2.05 bits per heavy atom. The van der Waals surface area contributed by atoms with Crippen LogP contribution < -0.4 is 10.6 Å². The number of carbonyl (C=O) groups is 1. The van der Waals surface area contributed by atoms with Crippen molar-refractivity contribution >= 4 is 40.5 Å². The molecule has 1 saturated carbocycles. The van der Waals surface area contributed by atoms with Crippen molar-refractivity contribution in [2.24, 2.45) is 0 Å². The summed E-state index contributed by atoms with van der Waals surface area (Å²) in [6.07, 6.45) is 3.67. The SMILES string of the molecule is O=C(NC1CC1)c1cc(Nc2cccc(Cl)c2Cl)ccn1. The van der Waals surface area contributed by atoms with E-state index >= 15 is 0 Å². The first-order valence-electron chi connectivity index (χ1n) is 6.61. The minimum atomic E-state index is -0.154. The number of pyridine rings is 1. The maximum absolute atomic E-state index is 12.0. The van der Waals surface area contributed by atoms with Crippen LogP contribution in [0.1, 0.15) is 23.3 Å². The van der Waals surface area contributed by atoms with Crippen molar-refractivity contribution in [2.75, 3.05) is 5.32 Å². The Labute approximate surface area is 132 Å². The maximum Gasteiger partial charge on any atom is 0.270 e. The van der Waals surface area contributed by atoms with E-state index in [1.165, 1.54) is 0 Å². The molecule has 0 aliphatic heterocycles. The van der Waals surface area contributed by atoms with Gasteiger partial charge in [-0.15, -0.1) is 0 Å². The van der Waals surface area contributed by atoms with Crippen LogP contribution >= 0.6 is 23.2 Å². The predicted molar refractivity (Wildman–Crippen MR) is 84.5 cm³/mol. The number of amides is 1. The zero-order valence-corrected chi connectivity index (χ0v) is 12.6. The Hall–Kier alpha value is -1.78. The molecular weight excluding hydrogens is 309 g/mol. The van der Waals surface area contributed by atoms with Gasteiger partial charge in [-0.1, -0.05) is 29.3 Å². The van der Waals surface area contributed by atoms with Gasteiger partial charge in [-0.25, -0.2) is 0 Å². The highest BCUT2D eigenvalue weighted by atomic mass is 35.5. The van der Waals surface area contributed by atoms with Crippen molar-refractivity contribution in [3.63, 3.8) is 0 Å². The predicted octanol–water partition coefficient (Wildman–Crippen LogP) is 4.02. The number of carbonyl (C=O) groups excluding carboxylic acids is 1. The van der Waals surface area contributed by atoms with E-state index < -0.39 is 0 Å². The lowest BCUT2D eigenvalue weighted by molar-refractivity contribution is 0.0946. The Balaban J connectivity index is 1.79. The van der Waals surface area contributed by atoms with Gasteiger partial charge in [0.25, 0.3) is 5.91 Å². The number of aromatic nitrogens is 1. The first-order valence-corrected chi connectivity index (χ1v) is 7.37. The van der Waals surface area contributed by atoms with Gasteiger partial charge in [-0.2, -0.15) is 0 Å². The van der Waals surface area contributed by atoms with E-state index in [4.69, 9.17) is 23.2 Å². The normalized spacial score (nSPS) is 13.8. The Morgan fingerprint density at radius 1 is 1.24 bits per heavy atom. The topological polar surface area (TPSA) is 54.0 Å². The van der Waals surface area contributed by atoms with Gasteiger partial charge < -0.3 is 10.6 Å². The molecule has 0 radical (unpaired) electrons. The van der Waals surface area contributed by atoms with E-state index in [9.17, 15) is 4.79 Å². The van der Waals surface area contributed by atoms with Crippen LogP contribution in [0.4, 0.5) is 11.4 Å². The Bertz CT molecular complexity index is 686. The summed E-state index contributed by atoms with van der Waals surface area (Å²) >= 11 is 12.1. The van der Waals surface area contributed by atoms with Gasteiger partial charge in [0.1, 0.15) is 5.69 Å². The molecular formula is C15H13Cl2N3O. The second kappa shape index (κ2) is 5.92. The van der Waals surface area contributed by atoms with Crippen molar-refractivity contribution in [3.8, 4) is 0 Å². The van der Waals surface area contributed by atoms with Gasteiger partial charge in [-0.3, -0.25) is 9.78 Å². The van der Waals surface area contributed by atoms with Gasteiger partial charge in [0.15, 0.2) is 0 Å². The maximum atomic E-state index is 12.0. The minimum absolute atomic E-state index is 0.154. The number of hydrogen-bond donors (Lipinski definition) is 2. The third-order valence-electron chi connectivity index (χ3n) is 3.14. The van der Waals surface area contributed by atoms with Gasteiger partial charge >= 0.3 is 0 Å². The monoisotopic (exact) mass is 321 g/mol. The third kappa shape index (κ3) is 3.46. The second-order valence-electron chi connectivity index (χ2n) is 4.90. The molecule has 0 saturated heterocycles. The van der Waals surface area contributed by atoms with Crippen molar-refractivity contribution in [2.45, 2.75) is 18.9 Å². The molecule has 1 heterocycles. The fraction of sp³-hybridized carbons (Fsp3) is 0.200. The average molecular weight is 322 g/mol. The van der Waals surface area contributed by atoms with Crippen molar-refractivity contribution in [1.29, 1.82) is 0 Å². The molecule has 6 heteroatoms. The molecule has 1 aliphatic rings. The van der Waals surface area contributed by atoms with E-state index in [0.29, 0.717) is 27.5 Å². The molecule has 3 rings (SSSR count). The fourth-order valence-electron chi connectivity index (χ4n) is 1.88. The summed E-state index contributed by atoms with van der Waals surface area (Å²) in [6, 6.07) is 9.10. The summed E-state index contributed by atoms with van der Waals surface area (Å²) in [5.41, 5.74) is 1.80. The van der Waals surface area contributed by atoms with Crippen molar-refractivity contribution in [3.05, 3.63) is 52.3 Å². The summed E-state index contributed by atoms with van der Waals surface area (Å²) in [7, 11) is 0. The van der Waals surface area contributed by atoms with Crippen LogP contribution in [0, 0.1) is 0 Å². The molecule has 1 fully saturated rings. The van der Waals surface area contributed by atoms with E-state index in [0.717, 1.165) is 18.5 Å². The van der Waals surface area contributed by atoms with Crippen molar-refractivity contribution in [1.82, 2.24) is 10.3 Å². The fourth-order valence-corrected chi connectivity index (χ4v) is 2.22. The Morgan fingerprint density at radius 3 is 2.81 bits per heavy atom. The third-order valence-corrected chi connectivity index (χ3v) is 3.95. The first kappa shape index (κ1) is 14.2. The van der Waals surface area contributed by atoms with E-state index in [1.807, 2.05) is 6.07 Å².